The highest BCUT2D eigenvalue weighted by Crippen LogP contribution is 2.65. The van der Waals surface area contributed by atoms with Crippen molar-refractivity contribution in [3.63, 3.8) is 0 Å². The summed E-state index contributed by atoms with van der Waals surface area (Å²) in [6.45, 7) is 0. The third kappa shape index (κ3) is 4.86. The van der Waals surface area contributed by atoms with E-state index in [0.717, 1.165) is 17.1 Å². The highest BCUT2D eigenvalue weighted by Gasteiger charge is 2.53. The van der Waals surface area contributed by atoms with Crippen LogP contribution in [0.5, 0.6) is 0 Å². The number of hydrogen-bond donors (Lipinski definition) is 0. The Bertz CT molecular complexity index is 4520. The van der Waals surface area contributed by atoms with Crippen LogP contribution in [0.4, 0.5) is 17.1 Å². The summed E-state index contributed by atoms with van der Waals surface area (Å²) >= 11 is 0. The second-order valence-corrected chi connectivity index (χ2v) is 20.6. The first-order valence-electron chi connectivity index (χ1n) is 25.9. The quantitative estimate of drug-likeness (QED) is 0.171. The number of hydrogen-bond acceptors (Lipinski definition) is 1. The van der Waals surface area contributed by atoms with Crippen LogP contribution >= 0.6 is 0 Å². The van der Waals surface area contributed by atoms with Gasteiger partial charge in [-0.25, -0.2) is 0 Å². The second kappa shape index (κ2) is 14.6. The Morgan fingerprint density at radius 1 is 0.284 bits per heavy atom. The molecule has 2 nitrogen and oxygen atoms in total. The molecule has 1 aliphatic heterocycles. The van der Waals surface area contributed by atoms with Gasteiger partial charge in [-0.1, -0.05) is 224 Å². The van der Waals surface area contributed by atoms with E-state index in [1.165, 1.54) is 127 Å². The van der Waals surface area contributed by atoms with Crippen LogP contribution in [0.3, 0.4) is 0 Å². The Balaban J connectivity index is 0.932. The maximum Gasteiger partial charge on any atom is 0.0754 e. The van der Waals surface area contributed by atoms with Crippen molar-refractivity contribution in [3.05, 3.63) is 311 Å². The summed E-state index contributed by atoms with van der Waals surface area (Å²) < 4.78 is 2.53. The zero-order chi connectivity index (χ0) is 48.3. The minimum absolute atomic E-state index is 0.479. The van der Waals surface area contributed by atoms with Crippen LogP contribution in [-0.2, 0) is 10.8 Å². The summed E-state index contributed by atoms with van der Waals surface area (Å²) in [6, 6.07) is 101. The molecule has 3 aliphatic carbocycles. The number of benzene rings is 12. The van der Waals surface area contributed by atoms with Crippen molar-refractivity contribution in [1.29, 1.82) is 0 Å². The highest BCUT2D eigenvalue weighted by atomic mass is 15.1. The molecule has 74 heavy (non-hydrogen) atoms. The largest absolute Gasteiger partial charge is 0.309 e. The van der Waals surface area contributed by atoms with E-state index in [-0.39, 0.29) is 0 Å². The molecule has 0 saturated heterocycles. The van der Waals surface area contributed by atoms with E-state index in [2.05, 4.69) is 276 Å². The molecule has 17 rings (SSSR count). The molecule has 12 aromatic carbocycles. The van der Waals surface area contributed by atoms with Gasteiger partial charge in [-0.05, 0) is 131 Å². The normalized spacial score (nSPS) is 15.5. The lowest BCUT2D eigenvalue weighted by Gasteiger charge is -2.39. The highest BCUT2D eigenvalue weighted by molar-refractivity contribution is 6.13. The van der Waals surface area contributed by atoms with Crippen LogP contribution < -0.4 is 4.90 Å². The topological polar surface area (TPSA) is 8.17 Å². The first-order chi connectivity index (χ1) is 36.7. The predicted octanol–water partition coefficient (Wildman–Crippen LogP) is 18.1. The van der Waals surface area contributed by atoms with Crippen molar-refractivity contribution >= 4 is 49.6 Å². The number of rotatable bonds is 4. The van der Waals surface area contributed by atoms with Crippen LogP contribution in [-0.4, -0.2) is 4.57 Å². The van der Waals surface area contributed by atoms with Crippen LogP contribution in [0.25, 0.3) is 82.8 Å². The van der Waals surface area contributed by atoms with Gasteiger partial charge in [-0.3, -0.25) is 0 Å². The fourth-order valence-corrected chi connectivity index (χ4v) is 14.7. The van der Waals surface area contributed by atoms with Gasteiger partial charge in [0, 0.05) is 27.4 Å². The molecule has 13 aromatic rings. The summed E-state index contributed by atoms with van der Waals surface area (Å²) in [5, 5.41) is 4.97. The standard InChI is InChI=1S/C72H44N2/c1-2-21-48-45(19-1)20-17-38-67(48)73(47-40-42-55-53-26-5-11-31-60(53)71(65(55)44-47)58-29-9-3-23-50(58)51-24-4-10-30-59(51)71)66-35-14-7-22-49(66)46-39-41-54-52-25-6-12-32-61(52)72(64(54)43-46)62-33-13-16-37-69(62)74-68-36-15-8-27-56(68)57-28-18-34-63(72)70(57)74/h1-44H. The lowest BCUT2D eigenvalue weighted by atomic mass is 9.65. The molecule has 0 radical (unpaired) electrons. The van der Waals surface area contributed by atoms with Gasteiger partial charge in [0.05, 0.1) is 38.9 Å². The molecule has 0 fully saturated rings. The van der Waals surface area contributed by atoms with Gasteiger partial charge in [-0.2, -0.15) is 0 Å². The maximum absolute atomic E-state index is 2.55. The van der Waals surface area contributed by atoms with E-state index in [4.69, 9.17) is 0 Å². The Hall–Kier alpha value is -9.50. The molecule has 1 aromatic heterocycles. The van der Waals surface area contributed by atoms with Crippen LogP contribution in [0, 0.1) is 0 Å². The first-order valence-corrected chi connectivity index (χ1v) is 25.9. The number of para-hydroxylation sites is 4. The van der Waals surface area contributed by atoms with E-state index < -0.39 is 10.8 Å². The number of aromatic nitrogens is 1. The minimum atomic E-state index is -0.566. The second-order valence-electron chi connectivity index (χ2n) is 20.6. The predicted molar refractivity (Wildman–Crippen MR) is 306 cm³/mol. The summed E-state index contributed by atoms with van der Waals surface area (Å²) in [6.07, 6.45) is 0. The van der Waals surface area contributed by atoms with Crippen molar-refractivity contribution < 1.29 is 0 Å². The van der Waals surface area contributed by atoms with Crippen molar-refractivity contribution in [2.45, 2.75) is 10.8 Å². The third-order valence-corrected chi connectivity index (χ3v) is 17.4. The summed E-state index contributed by atoms with van der Waals surface area (Å²) in [5.41, 5.74) is 26.8. The summed E-state index contributed by atoms with van der Waals surface area (Å²) in [5.74, 6) is 0. The summed E-state index contributed by atoms with van der Waals surface area (Å²) in [7, 11) is 0. The van der Waals surface area contributed by atoms with Gasteiger partial charge in [0.1, 0.15) is 0 Å². The SMILES string of the molecule is c1ccc(N(c2ccc3c(c2)C2(c4ccccc4-c4ccccc42)c2ccccc2-3)c2cccc3ccccc23)c(-c2ccc3c(c2)C2(c4ccccc4-3)c3ccccc3-n3c4ccccc4c4cccc2c43)c1. The van der Waals surface area contributed by atoms with Crippen molar-refractivity contribution in [2.24, 2.45) is 0 Å². The van der Waals surface area contributed by atoms with Crippen LogP contribution in [0.1, 0.15) is 44.5 Å². The molecule has 4 aliphatic rings. The Morgan fingerprint density at radius 2 is 0.743 bits per heavy atom. The molecule has 2 heteroatoms. The van der Waals surface area contributed by atoms with E-state index >= 15 is 0 Å². The van der Waals surface area contributed by atoms with Gasteiger partial charge in [0.25, 0.3) is 0 Å². The van der Waals surface area contributed by atoms with Crippen molar-refractivity contribution in [1.82, 2.24) is 4.57 Å². The zero-order valence-corrected chi connectivity index (χ0v) is 40.3. The van der Waals surface area contributed by atoms with Gasteiger partial charge in [-0.15, -0.1) is 0 Å². The fraction of sp³-hybridized carbons (Fsp3) is 0.0278. The van der Waals surface area contributed by atoms with Gasteiger partial charge in [0.2, 0.25) is 0 Å². The van der Waals surface area contributed by atoms with Gasteiger partial charge >= 0.3 is 0 Å². The monoisotopic (exact) mass is 936 g/mol. The molecule has 2 heterocycles. The van der Waals surface area contributed by atoms with Crippen LogP contribution in [0.2, 0.25) is 0 Å². The number of fused-ring (bicyclic) bond motifs is 23. The molecule has 0 bridgehead atoms. The molecule has 0 N–H and O–H groups in total. The maximum atomic E-state index is 2.55. The van der Waals surface area contributed by atoms with Crippen LogP contribution in [0.15, 0.2) is 267 Å². The molecule has 1 atom stereocenters. The number of nitrogens with zero attached hydrogens (tertiary/aromatic N) is 2. The minimum Gasteiger partial charge on any atom is -0.309 e. The zero-order valence-electron chi connectivity index (χ0n) is 40.3. The van der Waals surface area contributed by atoms with E-state index in [0.29, 0.717) is 0 Å². The first kappa shape index (κ1) is 40.1. The Morgan fingerprint density at radius 3 is 1.45 bits per heavy atom. The molecular weight excluding hydrogens is 893 g/mol. The van der Waals surface area contributed by atoms with E-state index in [9.17, 15) is 0 Å². The lowest BCUT2D eigenvalue weighted by Crippen LogP contribution is -2.33. The molecule has 2 spiro atoms. The van der Waals surface area contributed by atoms with E-state index in [1.807, 2.05) is 0 Å². The van der Waals surface area contributed by atoms with Crippen molar-refractivity contribution in [2.75, 3.05) is 4.90 Å². The molecule has 1 unspecified atom stereocenters. The Labute approximate surface area is 429 Å². The molecule has 342 valence electrons. The third-order valence-electron chi connectivity index (χ3n) is 17.4. The molecule has 0 saturated carbocycles. The smallest absolute Gasteiger partial charge is 0.0754 e. The lowest BCUT2D eigenvalue weighted by molar-refractivity contribution is 0.749. The van der Waals surface area contributed by atoms with Gasteiger partial charge in [0.15, 0.2) is 0 Å². The fourth-order valence-electron chi connectivity index (χ4n) is 14.7. The van der Waals surface area contributed by atoms with E-state index in [1.54, 1.807) is 0 Å². The average molecular weight is 937 g/mol. The molecule has 0 amide bonds. The Kier molecular flexibility index (Phi) is 7.90. The van der Waals surface area contributed by atoms with Crippen molar-refractivity contribution in [3.8, 4) is 50.2 Å². The number of anilines is 3. The molecular formula is C72H44N2. The summed E-state index contributed by atoms with van der Waals surface area (Å²) in [4.78, 5) is 2.55. The van der Waals surface area contributed by atoms with Gasteiger partial charge < -0.3 is 9.47 Å². The average Bonchev–Trinajstić information content (AvgIpc) is 4.33.